The van der Waals surface area contributed by atoms with Gasteiger partial charge in [-0.25, -0.2) is 0 Å². The first-order valence-electron chi connectivity index (χ1n) is 5.53. The second-order valence-electron chi connectivity index (χ2n) is 4.38. The molecule has 1 rings (SSSR count). The summed E-state index contributed by atoms with van der Waals surface area (Å²) in [4.78, 5) is 10.4. The van der Waals surface area contributed by atoms with Crippen LogP contribution in [0.3, 0.4) is 0 Å². The van der Waals surface area contributed by atoms with Crippen LogP contribution in [0.5, 0.6) is 0 Å². The summed E-state index contributed by atoms with van der Waals surface area (Å²) in [6.45, 7) is 1.82. The van der Waals surface area contributed by atoms with Gasteiger partial charge in [-0.3, -0.25) is 10.1 Å². The van der Waals surface area contributed by atoms with Crippen LogP contribution >= 0.6 is 11.8 Å². The zero-order valence-electron chi connectivity index (χ0n) is 10.7. The first-order chi connectivity index (χ1) is 8.89. The van der Waals surface area contributed by atoms with E-state index < -0.39 is 10.5 Å². The van der Waals surface area contributed by atoms with Crippen molar-refractivity contribution >= 4 is 23.1 Å². The highest BCUT2D eigenvalue weighted by atomic mass is 32.2. The second-order valence-corrected chi connectivity index (χ2v) is 5.25. The number of benzene rings is 1. The fourth-order valence-corrected chi connectivity index (χ4v) is 2.28. The van der Waals surface area contributed by atoms with Crippen LogP contribution in [0.4, 0.5) is 11.4 Å². The summed E-state index contributed by atoms with van der Waals surface area (Å²) in [5.41, 5.74) is -0.516. The van der Waals surface area contributed by atoms with Crippen molar-refractivity contribution < 1.29 is 10.0 Å². The van der Waals surface area contributed by atoms with Gasteiger partial charge >= 0.3 is 0 Å². The molecular weight excluding hydrogens is 266 g/mol. The zero-order valence-corrected chi connectivity index (χ0v) is 11.5. The molecular formula is C12H15N3O3S. The van der Waals surface area contributed by atoms with Gasteiger partial charge in [-0.1, -0.05) is 0 Å². The van der Waals surface area contributed by atoms with Crippen LogP contribution in [0.1, 0.15) is 12.5 Å². The van der Waals surface area contributed by atoms with E-state index in [0.717, 1.165) is 0 Å². The summed E-state index contributed by atoms with van der Waals surface area (Å²) in [7, 11) is 0. The molecule has 0 aliphatic carbocycles. The highest BCUT2D eigenvalue weighted by Crippen LogP contribution is 2.26. The van der Waals surface area contributed by atoms with E-state index in [-0.39, 0.29) is 17.9 Å². The van der Waals surface area contributed by atoms with Crippen molar-refractivity contribution in [2.75, 3.05) is 23.9 Å². The van der Waals surface area contributed by atoms with Crippen LogP contribution < -0.4 is 5.32 Å². The monoisotopic (exact) mass is 281 g/mol. The Morgan fingerprint density at radius 3 is 2.84 bits per heavy atom. The number of hydrogen-bond donors (Lipinski definition) is 2. The van der Waals surface area contributed by atoms with Crippen molar-refractivity contribution in [2.24, 2.45) is 0 Å². The Morgan fingerprint density at radius 2 is 2.32 bits per heavy atom. The van der Waals surface area contributed by atoms with E-state index >= 15 is 0 Å². The summed E-state index contributed by atoms with van der Waals surface area (Å²) in [6, 6.07) is 6.01. The molecule has 0 saturated carbocycles. The summed E-state index contributed by atoms with van der Waals surface area (Å²) < 4.78 is 0. The van der Waals surface area contributed by atoms with Crippen molar-refractivity contribution in [1.29, 1.82) is 5.26 Å². The molecule has 19 heavy (non-hydrogen) atoms. The van der Waals surface area contributed by atoms with Crippen LogP contribution in [0, 0.1) is 21.4 Å². The Hall–Kier alpha value is -1.78. The molecule has 0 aliphatic rings. The van der Waals surface area contributed by atoms with Crippen LogP contribution in [0.2, 0.25) is 0 Å². The molecule has 0 spiro atoms. The predicted octanol–water partition coefficient (Wildman–Crippen LogP) is 1.99. The number of nitro benzene ring substituents is 1. The lowest BCUT2D eigenvalue weighted by Gasteiger charge is -2.23. The Morgan fingerprint density at radius 1 is 1.63 bits per heavy atom. The lowest BCUT2D eigenvalue weighted by Crippen LogP contribution is -2.36. The van der Waals surface area contributed by atoms with Gasteiger partial charge in [0.05, 0.1) is 22.2 Å². The molecule has 102 valence electrons. The molecule has 1 atom stereocenters. The summed E-state index contributed by atoms with van der Waals surface area (Å²) in [5.74, 6) is 0.506. The van der Waals surface area contributed by atoms with Crippen LogP contribution in [0.15, 0.2) is 18.2 Å². The van der Waals surface area contributed by atoms with E-state index in [1.165, 1.54) is 30.0 Å². The number of nitrogens with zero attached hydrogens (tertiary/aromatic N) is 2. The number of anilines is 1. The average Bonchev–Trinajstić information content (AvgIpc) is 2.35. The largest absolute Gasteiger partial charge is 0.387 e. The van der Waals surface area contributed by atoms with Gasteiger partial charge in [0.1, 0.15) is 5.69 Å². The first kappa shape index (κ1) is 15.3. The summed E-state index contributed by atoms with van der Waals surface area (Å²) >= 11 is 1.49. The Balaban J connectivity index is 2.93. The van der Waals surface area contributed by atoms with Gasteiger partial charge in [0.15, 0.2) is 0 Å². The molecule has 0 amide bonds. The van der Waals surface area contributed by atoms with Crippen molar-refractivity contribution in [3.8, 4) is 6.07 Å². The number of rotatable bonds is 6. The quantitative estimate of drug-likeness (QED) is 0.611. The highest BCUT2D eigenvalue weighted by Gasteiger charge is 2.21. The molecule has 0 heterocycles. The Kier molecular flexibility index (Phi) is 5.15. The minimum absolute atomic E-state index is 0.112. The third-order valence-corrected chi connectivity index (χ3v) is 3.35. The minimum Gasteiger partial charge on any atom is -0.387 e. The molecule has 2 N–H and O–H groups in total. The van der Waals surface area contributed by atoms with Gasteiger partial charge in [0.25, 0.3) is 5.69 Å². The van der Waals surface area contributed by atoms with Gasteiger partial charge in [-0.05, 0) is 25.3 Å². The van der Waals surface area contributed by atoms with Gasteiger partial charge in [0.2, 0.25) is 0 Å². The minimum atomic E-state index is -0.976. The summed E-state index contributed by atoms with van der Waals surface area (Å²) in [5, 5.41) is 32.5. The first-order valence-corrected chi connectivity index (χ1v) is 6.93. The predicted molar refractivity (Wildman–Crippen MR) is 75.3 cm³/mol. The topological polar surface area (TPSA) is 99.2 Å². The van der Waals surface area contributed by atoms with E-state index in [2.05, 4.69) is 5.32 Å². The number of nitrogens with one attached hydrogen (secondary N) is 1. The van der Waals surface area contributed by atoms with E-state index in [9.17, 15) is 15.2 Å². The van der Waals surface area contributed by atoms with E-state index in [1.807, 2.05) is 12.3 Å². The Bertz CT molecular complexity index is 511. The van der Waals surface area contributed by atoms with Crippen molar-refractivity contribution in [1.82, 2.24) is 0 Å². The smallest absolute Gasteiger partial charge is 0.292 e. The lowest BCUT2D eigenvalue weighted by molar-refractivity contribution is -0.384. The second kappa shape index (κ2) is 6.41. The number of nitriles is 1. The molecule has 1 aromatic rings. The number of hydrogen-bond acceptors (Lipinski definition) is 6. The van der Waals surface area contributed by atoms with Gasteiger partial charge in [-0.15, -0.1) is 0 Å². The molecule has 1 unspecified atom stereocenters. The number of aliphatic hydroxyl groups is 1. The van der Waals surface area contributed by atoms with Crippen LogP contribution in [-0.2, 0) is 0 Å². The lowest BCUT2D eigenvalue weighted by atomic mass is 10.1. The highest BCUT2D eigenvalue weighted by molar-refractivity contribution is 7.98. The fraction of sp³-hybridized carbons (Fsp3) is 0.417. The van der Waals surface area contributed by atoms with Crippen LogP contribution in [-0.4, -0.2) is 34.2 Å². The molecule has 0 radical (unpaired) electrons. The molecule has 0 fully saturated rings. The van der Waals surface area contributed by atoms with Crippen molar-refractivity contribution in [3.63, 3.8) is 0 Å². The number of thioether (sulfide) groups is 1. The molecule has 1 aromatic carbocycles. The molecule has 6 nitrogen and oxygen atoms in total. The van der Waals surface area contributed by atoms with Gasteiger partial charge < -0.3 is 10.4 Å². The van der Waals surface area contributed by atoms with Gasteiger partial charge in [0, 0.05) is 18.4 Å². The maximum atomic E-state index is 10.9. The third kappa shape index (κ3) is 4.43. The maximum absolute atomic E-state index is 10.9. The summed E-state index contributed by atoms with van der Waals surface area (Å²) in [6.07, 6.45) is 1.87. The average molecular weight is 281 g/mol. The molecule has 0 saturated heterocycles. The van der Waals surface area contributed by atoms with Crippen molar-refractivity contribution in [2.45, 2.75) is 12.5 Å². The molecule has 7 heteroatoms. The van der Waals surface area contributed by atoms with Gasteiger partial charge in [-0.2, -0.15) is 17.0 Å². The number of nitro groups is 1. The van der Waals surface area contributed by atoms with Crippen LogP contribution in [0.25, 0.3) is 0 Å². The zero-order chi connectivity index (χ0) is 14.5. The van der Waals surface area contributed by atoms with Crippen molar-refractivity contribution in [3.05, 3.63) is 33.9 Å². The fourth-order valence-electron chi connectivity index (χ4n) is 1.55. The van der Waals surface area contributed by atoms with E-state index in [1.54, 1.807) is 6.92 Å². The molecule has 0 bridgehead atoms. The normalized spacial score (nSPS) is 13.4. The SMILES string of the molecule is CSCC(C)(O)CNc1cc(C#N)ccc1[N+](=O)[O-]. The molecule has 0 aliphatic heterocycles. The molecule has 0 aromatic heterocycles. The van der Waals surface area contributed by atoms with E-state index in [4.69, 9.17) is 5.26 Å². The van der Waals surface area contributed by atoms with E-state index in [0.29, 0.717) is 11.3 Å². The Labute approximate surface area is 115 Å². The third-order valence-electron chi connectivity index (χ3n) is 2.44. The standard InChI is InChI=1S/C12H15N3O3S/c1-12(16,8-19-2)7-14-10-5-9(6-13)3-4-11(10)15(17)18/h3-5,14,16H,7-8H2,1-2H3. The maximum Gasteiger partial charge on any atom is 0.292 e.